The van der Waals surface area contributed by atoms with E-state index in [2.05, 4.69) is 10.3 Å². The lowest BCUT2D eigenvalue weighted by Gasteiger charge is -2.34. The number of anilines is 2. The van der Waals surface area contributed by atoms with E-state index in [1.54, 1.807) is 41.0 Å². The topological polar surface area (TPSA) is 74.8 Å². The van der Waals surface area contributed by atoms with Crippen LogP contribution in [0.25, 0.3) is 0 Å². The standard InChI is InChI=1S/C19H21FN4O3/c1-2-27-19(26)24-10-8-23(9-11-24)18(25)14-6-7-17(21-13-14)22-16-5-3-4-15(20)12-16/h3-7,12-13H,2,8-11H2,1H3,(H,21,22). The minimum absolute atomic E-state index is 0.136. The molecule has 0 saturated carbocycles. The molecule has 7 nitrogen and oxygen atoms in total. The second-order valence-electron chi connectivity index (χ2n) is 6.05. The molecule has 27 heavy (non-hydrogen) atoms. The number of piperazine rings is 1. The lowest BCUT2D eigenvalue weighted by Crippen LogP contribution is -2.50. The molecular formula is C19H21FN4O3. The van der Waals surface area contributed by atoms with Gasteiger partial charge in [-0.15, -0.1) is 0 Å². The summed E-state index contributed by atoms with van der Waals surface area (Å²) < 4.78 is 18.2. The number of carbonyl (C=O) groups excluding carboxylic acids is 2. The number of pyridine rings is 1. The summed E-state index contributed by atoms with van der Waals surface area (Å²) in [5.74, 6) is 0.0429. The van der Waals surface area contributed by atoms with E-state index in [0.717, 1.165) is 0 Å². The molecule has 0 aliphatic carbocycles. The lowest BCUT2D eigenvalue weighted by molar-refractivity contribution is 0.0570. The first-order valence-corrected chi connectivity index (χ1v) is 8.76. The molecule has 1 fully saturated rings. The highest BCUT2D eigenvalue weighted by Crippen LogP contribution is 2.16. The number of rotatable bonds is 4. The quantitative estimate of drug-likeness (QED) is 0.893. The van der Waals surface area contributed by atoms with Gasteiger partial charge in [-0.3, -0.25) is 4.79 Å². The van der Waals surface area contributed by atoms with Crippen molar-refractivity contribution in [3.05, 3.63) is 54.0 Å². The van der Waals surface area contributed by atoms with Crippen LogP contribution in [0.1, 0.15) is 17.3 Å². The van der Waals surface area contributed by atoms with Crippen LogP contribution in [-0.2, 0) is 4.74 Å². The summed E-state index contributed by atoms with van der Waals surface area (Å²) in [5.41, 5.74) is 1.04. The number of nitrogens with one attached hydrogen (secondary N) is 1. The predicted molar refractivity (Wildman–Crippen MR) is 98.4 cm³/mol. The number of ether oxygens (including phenoxy) is 1. The molecule has 0 atom stereocenters. The van der Waals surface area contributed by atoms with Crippen molar-refractivity contribution >= 4 is 23.5 Å². The van der Waals surface area contributed by atoms with E-state index in [4.69, 9.17) is 4.74 Å². The minimum atomic E-state index is -0.348. The van der Waals surface area contributed by atoms with E-state index < -0.39 is 0 Å². The zero-order valence-corrected chi connectivity index (χ0v) is 15.0. The fourth-order valence-corrected chi connectivity index (χ4v) is 2.80. The fraction of sp³-hybridized carbons (Fsp3) is 0.316. The monoisotopic (exact) mass is 372 g/mol. The van der Waals surface area contributed by atoms with Gasteiger partial charge in [-0.1, -0.05) is 6.07 Å². The second-order valence-corrected chi connectivity index (χ2v) is 6.05. The number of halogens is 1. The van der Waals surface area contributed by atoms with Crippen LogP contribution in [0.4, 0.5) is 20.7 Å². The maximum atomic E-state index is 13.2. The Kier molecular flexibility index (Phi) is 5.85. The first kappa shape index (κ1) is 18.6. The molecule has 1 aromatic carbocycles. The Morgan fingerprint density at radius 3 is 2.52 bits per heavy atom. The van der Waals surface area contributed by atoms with Gasteiger partial charge in [0.25, 0.3) is 5.91 Å². The molecule has 1 N–H and O–H groups in total. The Morgan fingerprint density at radius 2 is 1.89 bits per heavy atom. The summed E-state index contributed by atoms with van der Waals surface area (Å²) in [7, 11) is 0. The van der Waals surface area contributed by atoms with E-state index >= 15 is 0 Å². The summed E-state index contributed by atoms with van der Waals surface area (Å²) in [6.07, 6.45) is 1.14. The molecule has 0 unspecified atom stereocenters. The van der Waals surface area contributed by atoms with E-state index in [9.17, 15) is 14.0 Å². The predicted octanol–water partition coefficient (Wildman–Crippen LogP) is 2.88. The summed E-state index contributed by atoms with van der Waals surface area (Å²) >= 11 is 0. The van der Waals surface area contributed by atoms with Crippen LogP contribution in [0.5, 0.6) is 0 Å². The van der Waals surface area contributed by atoms with Crippen molar-refractivity contribution in [3.8, 4) is 0 Å². The van der Waals surface area contributed by atoms with Gasteiger partial charge in [0.1, 0.15) is 11.6 Å². The number of hydrogen-bond acceptors (Lipinski definition) is 5. The lowest BCUT2D eigenvalue weighted by atomic mass is 10.2. The number of carbonyl (C=O) groups is 2. The van der Waals surface area contributed by atoms with Gasteiger partial charge >= 0.3 is 6.09 Å². The Balaban J connectivity index is 1.57. The third-order valence-corrected chi connectivity index (χ3v) is 4.20. The third-order valence-electron chi connectivity index (χ3n) is 4.20. The molecule has 1 aromatic heterocycles. The molecule has 142 valence electrons. The van der Waals surface area contributed by atoms with Crippen molar-refractivity contribution in [2.24, 2.45) is 0 Å². The van der Waals surface area contributed by atoms with Crippen LogP contribution < -0.4 is 5.32 Å². The third kappa shape index (κ3) is 4.72. The molecule has 1 aliphatic rings. The van der Waals surface area contributed by atoms with Gasteiger partial charge in [-0.2, -0.15) is 0 Å². The molecule has 8 heteroatoms. The van der Waals surface area contributed by atoms with Gasteiger partial charge in [-0.05, 0) is 37.3 Å². The first-order valence-electron chi connectivity index (χ1n) is 8.76. The van der Waals surface area contributed by atoms with Gasteiger partial charge in [0.05, 0.1) is 12.2 Å². The maximum absolute atomic E-state index is 13.2. The van der Waals surface area contributed by atoms with Crippen molar-refractivity contribution in [2.45, 2.75) is 6.92 Å². The van der Waals surface area contributed by atoms with Crippen LogP contribution in [0.15, 0.2) is 42.6 Å². The average Bonchev–Trinajstić information content (AvgIpc) is 2.68. The highest BCUT2D eigenvalue weighted by atomic mass is 19.1. The number of benzene rings is 1. The molecule has 2 aromatic rings. The Labute approximate surface area is 156 Å². The van der Waals surface area contributed by atoms with E-state index in [0.29, 0.717) is 49.9 Å². The smallest absolute Gasteiger partial charge is 0.409 e. The highest BCUT2D eigenvalue weighted by Gasteiger charge is 2.25. The maximum Gasteiger partial charge on any atom is 0.409 e. The Morgan fingerprint density at radius 1 is 1.15 bits per heavy atom. The van der Waals surface area contributed by atoms with Gasteiger partial charge < -0.3 is 19.9 Å². The van der Waals surface area contributed by atoms with Gasteiger partial charge in [-0.25, -0.2) is 14.2 Å². The van der Waals surface area contributed by atoms with Crippen LogP contribution in [0.2, 0.25) is 0 Å². The van der Waals surface area contributed by atoms with E-state index in [-0.39, 0.29) is 17.8 Å². The van der Waals surface area contributed by atoms with Crippen LogP contribution in [-0.4, -0.2) is 59.6 Å². The van der Waals surface area contributed by atoms with E-state index in [1.807, 2.05) is 0 Å². The van der Waals surface area contributed by atoms with E-state index in [1.165, 1.54) is 18.3 Å². The fourth-order valence-electron chi connectivity index (χ4n) is 2.80. The van der Waals surface area contributed by atoms with Crippen LogP contribution in [0.3, 0.4) is 0 Å². The molecule has 2 heterocycles. The van der Waals surface area contributed by atoms with Gasteiger partial charge in [0.2, 0.25) is 0 Å². The number of nitrogens with zero attached hydrogens (tertiary/aromatic N) is 3. The Bertz CT molecular complexity index is 805. The zero-order chi connectivity index (χ0) is 19.2. The van der Waals surface area contributed by atoms with Crippen molar-refractivity contribution in [2.75, 3.05) is 38.1 Å². The van der Waals surface area contributed by atoms with Crippen molar-refractivity contribution < 1.29 is 18.7 Å². The molecule has 1 aliphatic heterocycles. The zero-order valence-electron chi connectivity index (χ0n) is 15.0. The van der Waals surface area contributed by atoms with Crippen molar-refractivity contribution in [1.29, 1.82) is 0 Å². The largest absolute Gasteiger partial charge is 0.450 e. The normalized spacial score (nSPS) is 14.0. The molecule has 0 bridgehead atoms. The first-order chi connectivity index (χ1) is 13.1. The van der Waals surface area contributed by atoms with Gasteiger partial charge in [0, 0.05) is 38.1 Å². The summed E-state index contributed by atoms with van der Waals surface area (Å²) in [6, 6.07) is 9.41. The van der Waals surface area contributed by atoms with Crippen molar-refractivity contribution in [1.82, 2.24) is 14.8 Å². The van der Waals surface area contributed by atoms with Crippen molar-refractivity contribution in [3.63, 3.8) is 0 Å². The number of aromatic nitrogens is 1. The molecule has 0 spiro atoms. The molecule has 0 radical (unpaired) electrons. The van der Waals surface area contributed by atoms with Crippen LogP contribution >= 0.6 is 0 Å². The van der Waals surface area contributed by atoms with Gasteiger partial charge in [0.15, 0.2) is 0 Å². The molecule has 2 amide bonds. The highest BCUT2D eigenvalue weighted by molar-refractivity contribution is 5.94. The number of hydrogen-bond donors (Lipinski definition) is 1. The summed E-state index contributed by atoms with van der Waals surface area (Å²) in [6.45, 7) is 3.87. The molecule has 3 rings (SSSR count). The second kappa shape index (κ2) is 8.48. The summed E-state index contributed by atoms with van der Waals surface area (Å²) in [4.78, 5) is 31.8. The Hall–Kier alpha value is -3.16. The molecular weight excluding hydrogens is 351 g/mol. The minimum Gasteiger partial charge on any atom is -0.450 e. The number of amides is 2. The SMILES string of the molecule is CCOC(=O)N1CCN(C(=O)c2ccc(Nc3cccc(F)c3)nc2)CC1. The molecule has 1 saturated heterocycles. The van der Waals surface area contributed by atoms with Crippen LogP contribution in [0, 0.1) is 5.82 Å². The summed E-state index contributed by atoms with van der Waals surface area (Å²) in [5, 5.41) is 2.99. The average molecular weight is 372 g/mol.